The normalized spacial score (nSPS) is 11.9. The third-order valence-corrected chi connectivity index (χ3v) is 3.92. The predicted octanol–water partition coefficient (Wildman–Crippen LogP) is 4.47. The topological polar surface area (TPSA) is 29.1 Å². The van der Waals surface area contributed by atoms with E-state index in [1.165, 1.54) is 0 Å². The Bertz CT molecular complexity index is 604. The van der Waals surface area contributed by atoms with E-state index < -0.39 is 5.25 Å². The van der Waals surface area contributed by atoms with Crippen molar-refractivity contribution < 1.29 is 4.79 Å². The molecule has 2 aromatic carbocycles. The maximum atomic E-state index is 12.0. The highest BCUT2D eigenvalue weighted by atomic mass is 35.5. The van der Waals surface area contributed by atoms with E-state index in [1.54, 1.807) is 18.2 Å². The van der Waals surface area contributed by atoms with Gasteiger partial charge in [-0.05, 0) is 30.2 Å². The summed E-state index contributed by atoms with van der Waals surface area (Å²) >= 11 is 16.1. The van der Waals surface area contributed by atoms with Crippen LogP contribution in [0.2, 0.25) is 10.0 Å². The second kappa shape index (κ2) is 7.02. The number of carbonyl (C=O) groups excluding carboxylic acids is 1. The van der Waals surface area contributed by atoms with Crippen LogP contribution in [0.4, 0.5) is 5.69 Å². The van der Waals surface area contributed by atoms with Gasteiger partial charge < -0.3 is 5.32 Å². The molecule has 1 atom stereocenters. The lowest BCUT2D eigenvalue weighted by atomic mass is 10.1. The first-order chi connectivity index (χ1) is 9.56. The van der Waals surface area contributed by atoms with E-state index in [0.717, 1.165) is 5.56 Å². The molecule has 0 saturated heterocycles. The Morgan fingerprint density at radius 3 is 2.45 bits per heavy atom. The van der Waals surface area contributed by atoms with E-state index in [1.807, 2.05) is 30.3 Å². The number of benzene rings is 2. The maximum absolute atomic E-state index is 12.0. The molecule has 1 amide bonds. The second-order valence-corrected chi connectivity index (χ2v) is 5.76. The summed E-state index contributed by atoms with van der Waals surface area (Å²) in [5, 5.41) is 3.21. The molecule has 1 unspecified atom stereocenters. The molecular weight excluding hydrogens is 313 g/mol. The van der Waals surface area contributed by atoms with E-state index in [0.29, 0.717) is 22.2 Å². The van der Waals surface area contributed by atoms with E-state index in [2.05, 4.69) is 17.9 Å². The van der Waals surface area contributed by atoms with Crippen LogP contribution >= 0.6 is 35.8 Å². The molecule has 0 fully saturated rings. The molecule has 2 rings (SSSR count). The van der Waals surface area contributed by atoms with Gasteiger partial charge in [0.05, 0.1) is 15.3 Å². The standard InChI is InChI=1S/C15H13Cl2NOS/c16-12-7-6-11(9-13(12)17)18-15(19)14(20)8-10-4-2-1-3-5-10/h1-7,9,14,20H,8H2,(H,18,19). The minimum atomic E-state index is -0.424. The molecule has 0 aromatic heterocycles. The lowest BCUT2D eigenvalue weighted by Gasteiger charge is -2.12. The highest BCUT2D eigenvalue weighted by Gasteiger charge is 2.15. The van der Waals surface area contributed by atoms with Crippen molar-refractivity contribution in [3.8, 4) is 0 Å². The Morgan fingerprint density at radius 1 is 1.10 bits per heavy atom. The highest BCUT2D eigenvalue weighted by molar-refractivity contribution is 7.81. The van der Waals surface area contributed by atoms with Crippen LogP contribution in [0.3, 0.4) is 0 Å². The van der Waals surface area contributed by atoms with Crippen LogP contribution in [0, 0.1) is 0 Å². The third kappa shape index (κ3) is 4.17. The summed E-state index contributed by atoms with van der Waals surface area (Å²) in [7, 11) is 0. The van der Waals surface area contributed by atoms with E-state index in [4.69, 9.17) is 23.2 Å². The molecule has 0 bridgehead atoms. The monoisotopic (exact) mass is 325 g/mol. The number of carbonyl (C=O) groups is 1. The first kappa shape index (κ1) is 15.2. The summed E-state index contributed by atoms with van der Waals surface area (Å²) in [6.45, 7) is 0. The van der Waals surface area contributed by atoms with Gasteiger partial charge in [-0.15, -0.1) is 0 Å². The quantitative estimate of drug-likeness (QED) is 0.798. The average molecular weight is 326 g/mol. The van der Waals surface area contributed by atoms with Gasteiger partial charge in [0.1, 0.15) is 0 Å². The van der Waals surface area contributed by atoms with Gasteiger partial charge in [0.15, 0.2) is 0 Å². The third-order valence-electron chi connectivity index (χ3n) is 2.76. The lowest BCUT2D eigenvalue weighted by Crippen LogP contribution is -2.25. The van der Waals surface area contributed by atoms with Crippen molar-refractivity contribution in [2.24, 2.45) is 0 Å². The summed E-state index contributed by atoms with van der Waals surface area (Å²) < 4.78 is 0. The van der Waals surface area contributed by atoms with Crippen molar-refractivity contribution in [2.45, 2.75) is 11.7 Å². The van der Waals surface area contributed by atoms with Gasteiger partial charge in [-0.1, -0.05) is 53.5 Å². The van der Waals surface area contributed by atoms with Crippen molar-refractivity contribution in [1.82, 2.24) is 0 Å². The maximum Gasteiger partial charge on any atom is 0.237 e. The first-order valence-corrected chi connectivity index (χ1v) is 7.31. The number of hydrogen-bond donors (Lipinski definition) is 2. The summed E-state index contributed by atoms with van der Waals surface area (Å²) in [6, 6.07) is 14.7. The van der Waals surface area contributed by atoms with Crippen molar-refractivity contribution in [3.05, 3.63) is 64.1 Å². The van der Waals surface area contributed by atoms with Gasteiger partial charge in [0.2, 0.25) is 5.91 Å². The van der Waals surface area contributed by atoms with Gasteiger partial charge in [-0.25, -0.2) is 0 Å². The fraction of sp³-hybridized carbons (Fsp3) is 0.133. The Morgan fingerprint density at radius 2 is 1.80 bits per heavy atom. The minimum Gasteiger partial charge on any atom is -0.325 e. The Balaban J connectivity index is 1.99. The largest absolute Gasteiger partial charge is 0.325 e. The van der Waals surface area contributed by atoms with Gasteiger partial charge in [0.25, 0.3) is 0 Å². The van der Waals surface area contributed by atoms with Crippen molar-refractivity contribution in [3.63, 3.8) is 0 Å². The SMILES string of the molecule is O=C(Nc1ccc(Cl)c(Cl)c1)C(S)Cc1ccccc1. The molecule has 2 nitrogen and oxygen atoms in total. The average Bonchev–Trinajstić information content (AvgIpc) is 2.44. The predicted molar refractivity (Wildman–Crippen MR) is 88.0 cm³/mol. The molecular formula is C15H13Cl2NOS. The molecule has 1 N–H and O–H groups in total. The van der Waals surface area contributed by atoms with Gasteiger partial charge >= 0.3 is 0 Å². The van der Waals surface area contributed by atoms with E-state index >= 15 is 0 Å². The van der Waals surface area contributed by atoms with Crippen LogP contribution in [0.15, 0.2) is 48.5 Å². The van der Waals surface area contributed by atoms with Crippen LogP contribution in [-0.4, -0.2) is 11.2 Å². The van der Waals surface area contributed by atoms with Crippen molar-refractivity contribution in [2.75, 3.05) is 5.32 Å². The minimum absolute atomic E-state index is 0.171. The van der Waals surface area contributed by atoms with Crippen LogP contribution in [0.5, 0.6) is 0 Å². The Hall–Kier alpha value is -1.16. The first-order valence-electron chi connectivity index (χ1n) is 6.04. The number of rotatable bonds is 4. The second-order valence-electron chi connectivity index (χ2n) is 4.32. The Kier molecular flexibility index (Phi) is 5.35. The molecule has 104 valence electrons. The summed E-state index contributed by atoms with van der Waals surface area (Å²) in [5.41, 5.74) is 1.67. The molecule has 0 spiro atoms. The van der Waals surface area contributed by atoms with Crippen molar-refractivity contribution >= 4 is 47.4 Å². The fourth-order valence-corrected chi connectivity index (χ4v) is 2.30. The van der Waals surface area contributed by atoms with E-state index in [-0.39, 0.29) is 5.91 Å². The zero-order valence-corrected chi connectivity index (χ0v) is 12.9. The number of nitrogens with one attached hydrogen (secondary N) is 1. The van der Waals surface area contributed by atoms with Crippen LogP contribution in [-0.2, 0) is 11.2 Å². The lowest BCUT2D eigenvalue weighted by molar-refractivity contribution is -0.115. The zero-order valence-electron chi connectivity index (χ0n) is 10.5. The highest BCUT2D eigenvalue weighted by Crippen LogP contribution is 2.25. The Labute approximate surface area is 133 Å². The molecule has 20 heavy (non-hydrogen) atoms. The number of hydrogen-bond acceptors (Lipinski definition) is 2. The molecule has 0 heterocycles. The summed E-state index contributed by atoms with van der Waals surface area (Å²) in [6.07, 6.45) is 0.567. The number of anilines is 1. The molecule has 2 aromatic rings. The van der Waals surface area contributed by atoms with Crippen LogP contribution in [0.25, 0.3) is 0 Å². The van der Waals surface area contributed by atoms with Gasteiger partial charge in [0, 0.05) is 5.69 Å². The molecule has 5 heteroatoms. The molecule has 0 radical (unpaired) electrons. The smallest absolute Gasteiger partial charge is 0.237 e. The van der Waals surface area contributed by atoms with E-state index in [9.17, 15) is 4.79 Å². The molecule has 0 aliphatic heterocycles. The molecule has 0 aliphatic carbocycles. The fourth-order valence-electron chi connectivity index (χ4n) is 1.73. The van der Waals surface area contributed by atoms with Crippen LogP contribution in [0.1, 0.15) is 5.56 Å². The molecule has 0 saturated carbocycles. The molecule has 0 aliphatic rings. The summed E-state index contributed by atoms with van der Waals surface area (Å²) in [4.78, 5) is 12.0. The number of amides is 1. The van der Waals surface area contributed by atoms with Gasteiger partial charge in [-0.2, -0.15) is 12.6 Å². The number of thiol groups is 1. The zero-order chi connectivity index (χ0) is 14.5. The van der Waals surface area contributed by atoms with Crippen molar-refractivity contribution in [1.29, 1.82) is 0 Å². The van der Waals surface area contributed by atoms with Crippen LogP contribution < -0.4 is 5.32 Å². The number of halogens is 2. The van der Waals surface area contributed by atoms with Gasteiger partial charge in [-0.3, -0.25) is 4.79 Å². The summed E-state index contributed by atoms with van der Waals surface area (Å²) in [5.74, 6) is -0.171.